The number of carbonyl (C=O) groups is 2. The monoisotopic (exact) mass is 293 g/mol. The van der Waals surface area contributed by atoms with Gasteiger partial charge in [-0.15, -0.1) is 11.3 Å². The first kappa shape index (κ1) is 13.8. The molecule has 1 aromatic carbocycles. The van der Waals surface area contributed by atoms with Gasteiger partial charge >= 0.3 is 5.97 Å². The van der Waals surface area contributed by atoms with Crippen LogP contribution < -0.4 is 11.1 Å². The van der Waals surface area contributed by atoms with Gasteiger partial charge in [-0.25, -0.2) is 9.78 Å². The fourth-order valence-corrected chi connectivity index (χ4v) is 2.13. The largest absolute Gasteiger partial charge is 0.507 e. The van der Waals surface area contributed by atoms with Gasteiger partial charge < -0.3 is 21.3 Å². The summed E-state index contributed by atoms with van der Waals surface area (Å²) in [6.45, 7) is 0. The fraction of sp³-hybridized carbons (Fsp3) is 0.0833. The third-order valence-electron chi connectivity index (χ3n) is 2.42. The number of phenols is 1. The number of anilines is 2. The zero-order valence-electron chi connectivity index (χ0n) is 10.2. The predicted molar refractivity (Wildman–Crippen MR) is 73.9 cm³/mol. The fourth-order valence-electron chi connectivity index (χ4n) is 1.56. The highest BCUT2D eigenvalue weighted by Crippen LogP contribution is 2.22. The summed E-state index contributed by atoms with van der Waals surface area (Å²) in [4.78, 5) is 26.4. The van der Waals surface area contributed by atoms with Crippen molar-refractivity contribution in [3.05, 3.63) is 34.8 Å². The van der Waals surface area contributed by atoms with E-state index in [1.807, 2.05) is 0 Å². The van der Waals surface area contributed by atoms with Crippen molar-refractivity contribution < 1.29 is 19.8 Å². The van der Waals surface area contributed by atoms with Crippen LogP contribution in [0.3, 0.4) is 0 Å². The molecule has 2 rings (SSSR count). The Morgan fingerprint density at radius 3 is 2.70 bits per heavy atom. The molecule has 0 spiro atoms. The van der Waals surface area contributed by atoms with E-state index in [2.05, 4.69) is 10.3 Å². The summed E-state index contributed by atoms with van der Waals surface area (Å²) in [5.74, 6) is -1.98. The number of nitrogens with one attached hydrogen (secondary N) is 1. The number of carboxylic acids is 1. The van der Waals surface area contributed by atoms with Crippen LogP contribution in [0.15, 0.2) is 23.6 Å². The lowest BCUT2D eigenvalue weighted by atomic mass is 10.2. The quantitative estimate of drug-likeness (QED) is 0.673. The maximum absolute atomic E-state index is 11.7. The first-order valence-electron chi connectivity index (χ1n) is 5.51. The van der Waals surface area contributed by atoms with Crippen molar-refractivity contribution in [3.8, 4) is 5.75 Å². The van der Waals surface area contributed by atoms with Crippen LogP contribution in [0.4, 0.5) is 10.8 Å². The average molecular weight is 293 g/mol. The molecule has 5 N–H and O–H groups in total. The minimum atomic E-state index is -1.24. The molecule has 1 aromatic heterocycles. The standard InChI is InChI=1S/C12H11N3O4S/c13-12-15-7(5-20-12)4-10(17)14-6-1-2-8(11(18)19)9(16)3-6/h1-3,5,16H,4H2,(H2,13,15)(H,14,17)(H,18,19). The molecule has 1 heterocycles. The van der Waals surface area contributed by atoms with Crippen LogP contribution in [0.2, 0.25) is 0 Å². The van der Waals surface area contributed by atoms with Crippen LogP contribution >= 0.6 is 11.3 Å². The smallest absolute Gasteiger partial charge is 0.339 e. The summed E-state index contributed by atoms with van der Waals surface area (Å²) in [6.07, 6.45) is 0.0507. The molecule has 7 nitrogen and oxygen atoms in total. The number of hydrogen-bond donors (Lipinski definition) is 4. The molecule has 2 aromatic rings. The molecule has 0 aliphatic rings. The molecule has 0 fully saturated rings. The third-order valence-corrected chi connectivity index (χ3v) is 3.15. The summed E-state index contributed by atoms with van der Waals surface area (Å²) in [7, 11) is 0. The van der Waals surface area contributed by atoms with Gasteiger partial charge in [0.05, 0.1) is 12.1 Å². The van der Waals surface area contributed by atoms with E-state index in [1.54, 1.807) is 5.38 Å². The topological polar surface area (TPSA) is 126 Å². The number of aromatic nitrogens is 1. The summed E-state index contributed by atoms with van der Waals surface area (Å²) >= 11 is 1.24. The van der Waals surface area contributed by atoms with Gasteiger partial charge in [-0.3, -0.25) is 4.79 Å². The molecule has 0 aliphatic heterocycles. The average Bonchev–Trinajstić information content (AvgIpc) is 2.74. The summed E-state index contributed by atoms with van der Waals surface area (Å²) in [5.41, 5.74) is 6.09. The van der Waals surface area contributed by atoms with Crippen molar-refractivity contribution >= 4 is 34.0 Å². The molecule has 0 radical (unpaired) electrons. The first-order chi connectivity index (χ1) is 9.45. The lowest BCUT2D eigenvalue weighted by Crippen LogP contribution is -2.14. The Labute approximate surface area is 117 Å². The van der Waals surface area contributed by atoms with Crippen LogP contribution in [0.25, 0.3) is 0 Å². The van der Waals surface area contributed by atoms with Crippen molar-refractivity contribution in [1.82, 2.24) is 4.98 Å². The molecular weight excluding hydrogens is 282 g/mol. The van der Waals surface area contributed by atoms with Crippen molar-refractivity contribution in [1.29, 1.82) is 0 Å². The number of nitrogens with zero attached hydrogens (tertiary/aromatic N) is 1. The van der Waals surface area contributed by atoms with E-state index in [0.717, 1.165) is 0 Å². The van der Waals surface area contributed by atoms with E-state index in [9.17, 15) is 14.7 Å². The number of carboxylic acid groups (broad SMARTS) is 1. The number of aromatic carboxylic acids is 1. The van der Waals surface area contributed by atoms with Crippen LogP contribution in [0, 0.1) is 0 Å². The Hall–Kier alpha value is -2.61. The zero-order valence-corrected chi connectivity index (χ0v) is 11.0. The predicted octanol–water partition coefficient (Wildman–Crippen LogP) is 1.31. The molecule has 104 valence electrons. The van der Waals surface area contributed by atoms with Gasteiger partial charge in [-0.2, -0.15) is 0 Å². The van der Waals surface area contributed by atoms with E-state index in [-0.39, 0.29) is 17.9 Å². The van der Waals surface area contributed by atoms with Crippen molar-refractivity contribution in [2.75, 3.05) is 11.1 Å². The normalized spacial score (nSPS) is 10.2. The van der Waals surface area contributed by atoms with Crippen LogP contribution in [-0.4, -0.2) is 27.1 Å². The van der Waals surface area contributed by atoms with E-state index < -0.39 is 11.7 Å². The number of aromatic hydroxyl groups is 1. The maximum Gasteiger partial charge on any atom is 0.339 e. The van der Waals surface area contributed by atoms with E-state index in [1.165, 1.54) is 29.5 Å². The van der Waals surface area contributed by atoms with E-state index in [4.69, 9.17) is 10.8 Å². The van der Waals surface area contributed by atoms with Gasteiger partial charge in [0.1, 0.15) is 11.3 Å². The molecule has 0 atom stereocenters. The highest BCUT2D eigenvalue weighted by molar-refractivity contribution is 7.13. The minimum Gasteiger partial charge on any atom is -0.507 e. The molecule has 20 heavy (non-hydrogen) atoms. The molecule has 0 aliphatic carbocycles. The highest BCUT2D eigenvalue weighted by atomic mass is 32.1. The van der Waals surface area contributed by atoms with Crippen molar-refractivity contribution in [2.45, 2.75) is 6.42 Å². The van der Waals surface area contributed by atoms with Gasteiger partial charge in [-0.05, 0) is 12.1 Å². The van der Waals surface area contributed by atoms with Crippen molar-refractivity contribution in [3.63, 3.8) is 0 Å². The van der Waals surface area contributed by atoms with Gasteiger partial charge in [0, 0.05) is 17.1 Å². The second-order valence-electron chi connectivity index (χ2n) is 3.94. The van der Waals surface area contributed by atoms with Gasteiger partial charge in [-0.1, -0.05) is 0 Å². The van der Waals surface area contributed by atoms with Crippen molar-refractivity contribution in [2.24, 2.45) is 0 Å². The van der Waals surface area contributed by atoms with Crippen LogP contribution in [0.5, 0.6) is 5.75 Å². The molecule has 1 amide bonds. The Bertz CT molecular complexity index is 668. The number of nitrogen functional groups attached to an aromatic ring is 1. The number of benzene rings is 1. The number of hydrogen-bond acceptors (Lipinski definition) is 6. The number of carbonyl (C=O) groups excluding carboxylic acids is 1. The van der Waals surface area contributed by atoms with Crippen LogP contribution in [0.1, 0.15) is 16.1 Å². The lowest BCUT2D eigenvalue weighted by Gasteiger charge is -2.06. The molecule has 0 bridgehead atoms. The molecular formula is C12H11N3O4S. The van der Waals surface area contributed by atoms with E-state index in [0.29, 0.717) is 16.5 Å². The van der Waals surface area contributed by atoms with Gasteiger partial charge in [0.15, 0.2) is 5.13 Å². The van der Waals surface area contributed by atoms with E-state index >= 15 is 0 Å². The SMILES string of the molecule is Nc1nc(CC(=O)Nc2ccc(C(=O)O)c(O)c2)cs1. The maximum atomic E-state index is 11.7. The first-order valence-corrected chi connectivity index (χ1v) is 6.39. The Balaban J connectivity index is 2.04. The Morgan fingerprint density at radius 2 is 2.15 bits per heavy atom. The van der Waals surface area contributed by atoms with Gasteiger partial charge in [0.25, 0.3) is 0 Å². The summed E-state index contributed by atoms with van der Waals surface area (Å²) in [6, 6.07) is 3.79. The number of amides is 1. The number of rotatable bonds is 4. The summed E-state index contributed by atoms with van der Waals surface area (Å²) in [5, 5.41) is 22.9. The zero-order chi connectivity index (χ0) is 14.7. The lowest BCUT2D eigenvalue weighted by molar-refractivity contribution is -0.115. The number of thiazole rings is 1. The molecule has 0 saturated heterocycles. The molecule has 0 saturated carbocycles. The Kier molecular flexibility index (Phi) is 3.85. The number of nitrogens with two attached hydrogens (primary N) is 1. The molecule has 8 heteroatoms. The second kappa shape index (κ2) is 5.57. The van der Waals surface area contributed by atoms with Crippen LogP contribution in [-0.2, 0) is 11.2 Å². The summed E-state index contributed by atoms with van der Waals surface area (Å²) < 4.78 is 0. The molecule has 0 unspecified atom stereocenters. The highest BCUT2D eigenvalue weighted by Gasteiger charge is 2.12. The Morgan fingerprint density at radius 1 is 1.40 bits per heavy atom. The second-order valence-corrected chi connectivity index (χ2v) is 4.83. The third kappa shape index (κ3) is 3.23. The minimum absolute atomic E-state index is 0.0507. The van der Waals surface area contributed by atoms with Gasteiger partial charge in [0.2, 0.25) is 5.91 Å².